The molecule has 0 radical (unpaired) electrons. The molecule has 0 amide bonds. The van der Waals surface area contributed by atoms with E-state index >= 15 is 0 Å². The van der Waals surface area contributed by atoms with Gasteiger partial charge in [-0.2, -0.15) is 0 Å². The molecule has 2 aromatic carbocycles. The van der Waals surface area contributed by atoms with Crippen LogP contribution in [0.15, 0.2) is 48.5 Å². The van der Waals surface area contributed by atoms with Crippen molar-refractivity contribution in [2.24, 2.45) is 0 Å². The molecular weight excluding hydrogens is 227 g/mol. The molecule has 1 atom stereocenters. The zero-order chi connectivity index (χ0) is 13.2. The third-order valence-electron chi connectivity index (χ3n) is 3.13. The first-order chi connectivity index (χ1) is 8.49. The standard InChI is InChI=1S/C16H17FO/c1-12-6-5-8-14(10-12)16(2,18)11-13-7-3-4-9-15(13)17/h3-10,18H,11H2,1-2H3. The summed E-state index contributed by atoms with van der Waals surface area (Å²) in [5.74, 6) is -0.273. The van der Waals surface area contributed by atoms with E-state index in [0.717, 1.165) is 11.1 Å². The van der Waals surface area contributed by atoms with Crippen LogP contribution in [0.2, 0.25) is 0 Å². The fraction of sp³-hybridized carbons (Fsp3) is 0.250. The Morgan fingerprint density at radius 2 is 1.83 bits per heavy atom. The summed E-state index contributed by atoms with van der Waals surface area (Å²) in [6, 6.07) is 14.2. The number of benzene rings is 2. The van der Waals surface area contributed by atoms with E-state index in [2.05, 4.69) is 0 Å². The van der Waals surface area contributed by atoms with Crippen molar-refractivity contribution in [3.8, 4) is 0 Å². The van der Waals surface area contributed by atoms with Crippen LogP contribution in [-0.4, -0.2) is 5.11 Å². The van der Waals surface area contributed by atoms with Crippen LogP contribution < -0.4 is 0 Å². The number of rotatable bonds is 3. The predicted molar refractivity (Wildman–Crippen MR) is 70.9 cm³/mol. The molecule has 0 aliphatic heterocycles. The van der Waals surface area contributed by atoms with Gasteiger partial charge in [0, 0.05) is 6.42 Å². The highest BCUT2D eigenvalue weighted by Crippen LogP contribution is 2.26. The maximum absolute atomic E-state index is 13.6. The van der Waals surface area contributed by atoms with Crippen molar-refractivity contribution in [1.29, 1.82) is 0 Å². The van der Waals surface area contributed by atoms with Gasteiger partial charge < -0.3 is 5.11 Å². The smallest absolute Gasteiger partial charge is 0.126 e. The normalized spacial score (nSPS) is 14.2. The zero-order valence-electron chi connectivity index (χ0n) is 10.7. The van der Waals surface area contributed by atoms with Gasteiger partial charge in [-0.15, -0.1) is 0 Å². The van der Waals surface area contributed by atoms with Gasteiger partial charge in [-0.1, -0.05) is 48.0 Å². The molecule has 0 bridgehead atoms. The van der Waals surface area contributed by atoms with Gasteiger partial charge >= 0.3 is 0 Å². The van der Waals surface area contributed by atoms with Crippen LogP contribution in [0.1, 0.15) is 23.6 Å². The molecule has 0 aliphatic rings. The molecule has 0 spiro atoms. The topological polar surface area (TPSA) is 20.2 Å². The number of aryl methyl sites for hydroxylation is 1. The quantitative estimate of drug-likeness (QED) is 0.875. The van der Waals surface area contributed by atoms with E-state index < -0.39 is 5.60 Å². The van der Waals surface area contributed by atoms with Crippen LogP contribution in [0.3, 0.4) is 0 Å². The summed E-state index contributed by atoms with van der Waals surface area (Å²) in [6.45, 7) is 3.69. The average Bonchev–Trinajstić information content (AvgIpc) is 2.32. The van der Waals surface area contributed by atoms with Gasteiger partial charge in [0.05, 0.1) is 5.60 Å². The van der Waals surface area contributed by atoms with E-state index in [0.29, 0.717) is 5.56 Å². The summed E-state index contributed by atoms with van der Waals surface area (Å²) in [6.07, 6.45) is 0.267. The van der Waals surface area contributed by atoms with Crippen molar-refractivity contribution < 1.29 is 9.50 Å². The summed E-state index contributed by atoms with van der Waals surface area (Å²) in [5, 5.41) is 10.5. The lowest BCUT2D eigenvalue weighted by Gasteiger charge is -2.24. The number of aliphatic hydroxyl groups is 1. The molecule has 2 aromatic rings. The molecule has 0 heterocycles. The zero-order valence-corrected chi connectivity index (χ0v) is 10.7. The van der Waals surface area contributed by atoms with Crippen LogP contribution in [0.4, 0.5) is 4.39 Å². The summed E-state index contributed by atoms with van der Waals surface area (Å²) >= 11 is 0. The second kappa shape index (κ2) is 4.91. The lowest BCUT2D eigenvalue weighted by atomic mass is 9.88. The van der Waals surface area contributed by atoms with Crippen LogP contribution >= 0.6 is 0 Å². The Bertz CT molecular complexity index is 546. The molecule has 1 N–H and O–H groups in total. The Hall–Kier alpha value is -1.67. The minimum atomic E-state index is -1.06. The Labute approximate surface area is 107 Å². The highest BCUT2D eigenvalue weighted by atomic mass is 19.1. The van der Waals surface area contributed by atoms with Crippen molar-refractivity contribution in [3.05, 3.63) is 71.0 Å². The Morgan fingerprint density at radius 3 is 2.50 bits per heavy atom. The second-order valence-electron chi connectivity index (χ2n) is 4.91. The molecule has 0 saturated carbocycles. The minimum Gasteiger partial charge on any atom is -0.385 e. The summed E-state index contributed by atoms with van der Waals surface area (Å²) in [7, 11) is 0. The molecule has 0 saturated heterocycles. The molecule has 18 heavy (non-hydrogen) atoms. The number of hydrogen-bond donors (Lipinski definition) is 1. The van der Waals surface area contributed by atoms with E-state index in [9.17, 15) is 9.50 Å². The highest BCUT2D eigenvalue weighted by Gasteiger charge is 2.24. The molecule has 94 valence electrons. The summed E-state index contributed by atoms with van der Waals surface area (Å²) in [5.41, 5.74) is 1.37. The summed E-state index contributed by atoms with van der Waals surface area (Å²) in [4.78, 5) is 0. The van der Waals surface area contributed by atoms with Crippen molar-refractivity contribution in [2.45, 2.75) is 25.9 Å². The van der Waals surface area contributed by atoms with Gasteiger partial charge in [0.2, 0.25) is 0 Å². The van der Waals surface area contributed by atoms with E-state index in [4.69, 9.17) is 0 Å². The molecule has 2 heteroatoms. The van der Waals surface area contributed by atoms with Crippen LogP contribution in [0.5, 0.6) is 0 Å². The fourth-order valence-corrected chi connectivity index (χ4v) is 2.09. The minimum absolute atomic E-state index is 0.267. The third kappa shape index (κ3) is 2.77. The number of halogens is 1. The van der Waals surface area contributed by atoms with Crippen molar-refractivity contribution in [2.75, 3.05) is 0 Å². The van der Waals surface area contributed by atoms with Crippen molar-refractivity contribution in [3.63, 3.8) is 0 Å². The molecule has 0 fully saturated rings. The van der Waals surface area contributed by atoms with Gasteiger partial charge in [0.15, 0.2) is 0 Å². The molecule has 2 rings (SSSR count). The van der Waals surface area contributed by atoms with Crippen LogP contribution in [-0.2, 0) is 12.0 Å². The van der Waals surface area contributed by atoms with Crippen LogP contribution in [0.25, 0.3) is 0 Å². The monoisotopic (exact) mass is 244 g/mol. The van der Waals surface area contributed by atoms with Crippen molar-refractivity contribution in [1.82, 2.24) is 0 Å². The second-order valence-corrected chi connectivity index (χ2v) is 4.91. The molecule has 1 nitrogen and oxygen atoms in total. The van der Waals surface area contributed by atoms with Gasteiger partial charge in [-0.25, -0.2) is 4.39 Å². The highest BCUT2D eigenvalue weighted by molar-refractivity contribution is 5.30. The van der Waals surface area contributed by atoms with E-state index in [1.54, 1.807) is 25.1 Å². The molecule has 0 aliphatic carbocycles. The maximum Gasteiger partial charge on any atom is 0.126 e. The van der Waals surface area contributed by atoms with Gasteiger partial charge in [0.25, 0.3) is 0 Å². The molecule has 0 aromatic heterocycles. The first-order valence-electron chi connectivity index (χ1n) is 6.02. The van der Waals surface area contributed by atoms with E-state index in [-0.39, 0.29) is 12.2 Å². The van der Waals surface area contributed by atoms with E-state index in [1.807, 2.05) is 31.2 Å². The maximum atomic E-state index is 13.6. The number of hydrogen-bond acceptors (Lipinski definition) is 1. The molecule has 1 unspecified atom stereocenters. The first kappa shape index (κ1) is 12.8. The molecular formula is C16H17FO. The predicted octanol–water partition coefficient (Wildman–Crippen LogP) is 3.58. The van der Waals surface area contributed by atoms with E-state index in [1.165, 1.54) is 6.07 Å². The SMILES string of the molecule is Cc1cccc(C(C)(O)Cc2ccccc2F)c1. The van der Waals surface area contributed by atoms with Crippen LogP contribution in [0, 0.1) is 12.7 Å². The van der Waals surface area contributed by atoms with Gasteiger partial charge in [-0.3, -0.25) is 0 Å². The van der Waals surface area contributed by atoms with Gasteiger partial charge in [0.1, 0.15) is 5.82 Å². The van der Waals surface area contributed by atoms with Crippen molar-refractivity contribution >= 4 is 0 Å². The average molecular weight is 244 g/mol. The third-order valence-corrected chi connectivity index (χ3v) is 3.13. The Balaban J connectivity index is 2.30. The fourth-order valence-electron chi connectivity index (χ4n) is 2.09. The summed E-state index contributed by atoms with van der Waals surface area (Å²) < 4.78 is 13.6. The lowest BCUT2D eigenvalue weighted by Crippen LogP contribution is -2.24. The largest absolute Gasteiger partial charge is 0.385 e. The lowest BCUT2D eigenvalue weighted by molar-refractivity contribution is 0.0566. The van der Waals surface area contributed by atoms with Gasteiger partial charge in [-0.05, 0) is 31.0 Å². The first-order valence-corrected chi connectivity index (χ1v) is 6.02. The Morgan fingerprint density at radius 1 is 1.11 bits per heavy atom. The Kier molecular flexibility index (Phi) is 3.48.